The number of nitrogens with one attached hydrogen (secondary N) is 1. The summed E-state index contributed by atoms with van der Waals surface area (Å²) in [4.78, 5) is 29.1. The van der Waals surface area contributed by atoms with E-state index in [1.165, 1.54) is 0 Å². The first kappa shape index (κ1) is 22.2. The number of nitrogens with zero attached hydrogens (tertiary/aromatic N) is 2. The predicted octanol–water partition coefficient (Wildman–Crippen LogP) is 1.77. The van der Waals surface area contributed by atoms with Gasteiger partial charge in [0.1, 0.15) is 5.75 Å². The molecular formula is C21H33N3O4. The van der Waals surface area contributed by atoms with Crippen LogP contribution >= 0.6 is 0 Å². The molecule has 7 nitrogen and oxygen atoms in total. The van der Waals surface area contributed by atoms with E-state index in [9.17, 15) is 9.59 Å². The maximum Gasteiger partial charge on any atom is 0.253 e. The average Bonchev–Trinajstić information content (AvgIpc) is 2.73. The third-order valence-electron chi connectivity index (χ3n) is 4.71. The van der Waals surface area contributed by atoms with Crippen LogP contribution in [0.5, 0.6) is 5.75 Å². The average molecular weight is 392 g/mol. The number of hydrogen-bond donors (Lipinski definition) is 1. The van der Waals surface area contributed by atoms with E-state index >= 15 is 0 Å². The topological polar surface area (TPSA) is 71.1 Å². The Bertz CT molecular complexity index is 613. The van der Waals surface area contributed by atoms with Crippen molar-refractivity contribution in [3.63, 3.8) is 0 Å². The van der Waals surface area contributed by atoms with E-state index in [0.717, 1.165) is 32.6 Å². The Kier molecular flexibility index (Phi) is 9.23. The third-order valence-corrected chi connectivity index (χ3v) is 4.71. The summed E-state index contributed by atoms with van der Waals surface area (Å²) in [6, 6.07) is 7.08. The van der Waals surface area contributed by atoms with Crippen LogP contribution in [-0.2, 0) is 9.53 Å². The highest BCUT2D eigenvalue weighted by Gasteiger charge is 2.20. The minimum Gasteiger partial charge on any atom is -0.497 e. The zero-order chi connectivity index (χ0) is 20.4. The molecular weight excluding hydrogens is 358 g/mol. The summed E-state index contributed by atoms with van der Waals surface area (Å²) >= 11 is 0. The van der Waals surface area contributed by atoms with Crippen LogP contribution in [0.15, 0.2) is 24.3 Å². The second-order valence-electron chi connectivity index (χ2n) is 7.17. The van der Waals surface area contributed by atoms with Crippen molar-refractivity contribution < 1.29 is 19.1 Å². The Labute approximate surface area is 168 Å². The van der Waals surface area contributed by atoms with Crippen LogP contribution in [0.3, 0.4) is 0 Å². The molecule has 7 heteroatoms. The molecule has 1 saturated heterocycles. The van der Waals surface area contributed by atoms with Gasteiger partial charge in [0.25, 0.3) is 5.91 Å². The molecule has 0 saturated carbocycles. The Balaban J connectivity index is 1.96. The first-order valence-electron chi connectivity index (χ1n) is 10.0. The molecule has 1 N–H and O–H groups in total. The summed E-state index contributed by atoms with van der Waals surface area (Å²) in [5.41, 5.74) is 0.597. The Morgan fingerprint density at radius 1 is 1.14 bits per heavy atom. The first-order valence-corrected chi connectivity index (χ1v) is 10.0. The predicted molar refractivity (Wildman–Crippen MR) is 109 cm³/mol. The lowest BCUT2D eigenvalue weighted by Gasteiger charge is -2.29. The number of ether oxygens (including phenoxy) is 2. The molecule has 1 fully saturated rings. The summed E-state index contributed by atoms with van der Waals surface area (Å²) in [6.07, 6.45) is 1.24. The zero-order valence-corrected chi connectivity index (χ0v) is 17.3. The molecule has 28 heavy (non-hydrogen) atoms. The van der Waals surface area contributed by atoms with Crippen molar-refractivity contribution in [2.24, 2.45) is 0 Å². The fraction of sp³-hybridized carbons (Fsp3) is 0.619. The maximum atomic E-state index is 13.0. The van der Waals surface area contributed by atoms with E-state index in [-0.39, 0.29) is 17.9 Å². The lowest BCUT2D eigenvalue weighted by Crippen LogP contribution is -2.47. The summed E-state index contributed by atoms with van der Waals surface area (Å²) < 4.78 is 10.8. The summed E-state index contributed by atoms with van der Waals surface area (Å²) in [5.74, 6) is 0.745. The van der Waals surface area contributed by atoms with Gasteiger partial charge in [0.05, 0.1) is 13.2 Å². The molecule has 1 aromatic carbocycles. The molecule has 1 aliphatic heterocycles. The quantitative estimate of drug-likeness (QED) is 0.616. The zero-order valence-electron chi connectivity index (χ0n) is 17.3. The molecule has 0 aromatic heterocycles. The molecule has 1 aromatic rings. The SMILES string of the molecule is COc1ccc(C(=O)N(CCCOC(C)C)CCC(=O)N2CCNCC2)cc1. The molecule has 0 aliphatic carbocycles. The van der Waals surface area contributed by atoms with E-state index in [4.69, 9.17) is 9.47 Å². The standard InChI is InChI=1S/C21H33N3O4/c1-17(2)28-16-4-12-24(13-9-20(25)23-14-10-22-11-15-23)21(26)18-5-7-19(27-3)8-6-18/h5-8,17,22H,4,9-16H2,1-3H3. The van der Waals surface area contributed by atoms with Gasteiger partial charge in [-0.1, -0.05) is 0 Å². The third kappa shape index (κ3) is 7.13. The minimum absolute atomic E-state index is 0.0692. The summed E-state index contributed by atoms with van der Waals surface area (Å²) in [6.45, 7) is 8.66. The fourth-order valence-corrected chi connectivity index (χ4v) is 3.11. The van der Waals surface area contributed by atoms with Crippen molar-refractivity contribution in [3.8, 4) is 5.75 Å². The number of benzene rings is 1. The lowest BCUT2D eigenvalue weighted by molar-refractivity contribution is -0.131. The van der Waals surface area contributed by atoms with Gasteiger partial charge in [-0.25, -0.2) is 0 Å². The monoisotopic (exact) mass is 391 g/mol. The number of piperazine rings is 1. The smallest absolute Gasteiger partial charge is 0.253 e. The van der Waals surface area contributed by atoms with Crippen LogP contribution in [0, 0.1) is 0 Å². The normalized spacial score (nSPS) is 14.2. The fourth-order valence-electron chi connectivity index (χ4n) is 3.11. The van der Waals surface area contributed by atoms with Gasteiger partial charge in [-0.3, -0.25) is 9.59 Å². The van der Waals surface area contributed by atoms with Gasteiger partial charge in [-0.05, 0) is 44.5 Å². The van der Waals surface area contributed by atoms with Gasteiger partial charge in [0.15, 0.2) is 0 Å². The second kappa shape index (κ2) is 11.7. The highest BCUT2D eigenvalue weighted by Crippen LogP contribution is 2.14. The Hall–Kier alpha value is -2.12. The Morgan fingerprint density at radius 3 is 2.43 bits per heavy atom. The van der Waals surface area contributed by atoms with Gasteiger partial charge in [0.2, 0.25) is 5.91 Å². The first-order chi connectivity index (χ1) is 13.5. The molecule has 0 spiro atoms. The van der Waals surface area contributed by atoms with Gasteiger partial charge in [0, 0.05) is 57.9 Å². The highest BCUT2D eigenvalue weighted by molar-refractivity contribution is 5.94. The second-order valence-corrected chi connectivity index (χ2v) is 7.17. The van der Waals surface area contributed by atoms with Crippen LogP contribution in [0.4, 0.5) is 0 Å². The van der Waals surface area contributed by atoms with E-state index < -0.39 is 0 Å². The molecule has 1 heterocycles. The van der Waals surface area contributed by atoms with Crippen LogP contribution in [0.2, 0.25) is 0 Å². The van der Waals surface area contributed by atoms with Crippen molar-refractivity contribution >= 4 is 11.8 Å². The van der Waals surface area contributed by atoms with Crippen LogP contribution in [0.1, 0.15) is 37.0 Å². The van der Waals surface area contributed by atoms with Crippen molar-refractivity contribution in [1.82, 2.24) is 15.1 Å². The molecule has 1 aliphatic rings. The van der Waals surface area contributed by atoms with Crippen molar-refractivity contribution in [3.05, 3.63) is 29.8 Å². The number of amides is 2. The summed E-state index contributed by atoms with van der Waals surface area (Å²) in [7, 11) is 1.60. The maximum absolute atomic E-state index is 13.0. The van der Waals surface area contributed by atoms with Crippen LogP contribution in [-0.4, -0.2) is 80.7 Å². The highest BCUT2D eigenvalue weighted by atomic mass is 16.5. The van der Waals surface area contributed by atoms with Gasteiger partial charge in [-0.15, -0.1) is 0 Å². The lowest BCUT2D eigenvalue weighted by atomic mass is 10.1. The van der Waals surface area contributed by atoms with E-state index in [0.29, 0.717) is 37.4 Å². The summed E-state index contributed by atoms with van der Waals surface area (Å²) in [5, 5.41) is 3.24. The number of carbonyl (C=O) groups is 2. The number of hydrogen-bond acceptors (Lipinski definition) is 5. The molecule has 0 unspecified atom stereocenters. The minimum atomic E-state index is -0.0692. The molecule has 2 amide bonds. The van der Waals surface area contributed by atoms with Gasteiger partial charge >= 0.3 is 0 Å². The van der Waals surface area contributed by atoms with Gasteiger partial charge in [-0.2, -0.15) is 0 Å². The van der Waals surface area contributed by atoms with Gasteiger partial charge < -0.3 is 24.6 Å². The molecule has 0 radical (unpaired) electrons. The van der Waals surface area contributed by atoms with E-state index in [1.807, 2.05) is 18.7 Å². The molecule has 0 bridgehead atoms. The molecule has 156 valence electrons. The molecule has 2 rings (SSSR count). The number of rotatable bonds is 10. The molecule has 0 atom stereocenters. The number of methoxy groups -OCH3 is 1. The number of carbonyl (C=O) groups excluding carboxylic acids is 2. The largest absolute Gasteiger partial charge is 0.497 e. The van der Waals surface area contributed by atoms with E-state index in [2.05, 4.69) is 5.32 Å². The van der Waals surface area contributed by atoms with E-state index in [1.54, 1.807) is 36.3 Å². The van der Waals surface area contributed by atoms with Crippen molar-refractivity contribution in [1.29, 1.82) is 0 Å². The van der Waals surface area contributed by atoms with Crippen molar-refractivity contribution in [2.45, 2.75) is 32.8 Å². The van der Waals surface area contributed by atoms with Crippen molar-refractivity contribution in [2.75, 3.05) is 53.0 Å². The Morgan fingerprint density at radius 2 is 1.82 bits per heavy atom. The van der Waals surface area contributed by atoms with Crippen LogP contribution < -0.4 is 10.1 Å². The van der Waals surface area contributed by atoms with Crippen LogP contribution in [0.25, 0.3) is 0 Å².